The van der Waals surface area contributed by atoms with Crippen LogP contribution in [0.1, 0.15) is 152 Å². The van der Waals surface area contributed by atoms with Crippen LogP contribution in [0, 0.1) is 10.8 Å². The van der Waals surface area contributed by atoms with Crippen LogP contribution in [0.4, 0.5) is 0 Å². The lowest BCUT2D eigenvalue weighted by molar-refractivity contribution is -0.157. The Balaban J connectivity index is 0.000000208. The summed E-state index contributed by atoms with van der Waals surface area (Å²) >= 11 is 0. The van der Waals surface area contributed by atoms with E-state index in [-0.39, 0.29) is 34.0 Å². The number of likely N-dealkylation sites (N-methyl/N-ethyl adjacent to an activating group) is 4. The number of carbonyl (C=O) groups is 2. The third-order valence-electron chi connectivity index (χ3n) is 14.0. The zero-order valence-corrected chi connectivity index (χ0v) is 34.9. The van der Waals surface area contributed by atoms with Gasteiger partial charge in [0.05, 0.1) is 23.2 Å². The molecule has 2 aliphatic carbocycles. The molecule has 6 rings (SSSR count). The average Bonchev–Trinajstić information content (AvgIpc) is 3.95. The van der Waals surface area contributed by atoms with E-state index < -0.39 is 0 Å². The summed E-state index contributed by atoms with van der Waals surface area (Å²) < 4.78 is 12.0. The van der Waals surface area contributed by atoms with E-state index in [9.17, 15) is 9.59 Å². The second-order valence-corrected chi connectivity index (χ2v) is 17.3. The van der Waals surface area contributed by atoms with Gasteiger partial charge in [0.1, 0.15) is 11.2 Å². The van der Waals surface area contributed by atoms with Gasteiger partial charge in [-0.3, -0.25) is 19.8 Å². The van der Waals surface area contributed by atoms with Crippen molar-refractivity contribution in [2.24, 2.45) is 10.8 Å². The predicted molar refractivity (Wildman–Crippen MR) is 213 cm³/mol. The largest absolute Gasteiger partial charge is 0.459 e. The van der Waals surface area contributed by atoms with E-state index in [4.69, 9.17) is 9.47 Å². The monoisotopic (exact) mass is 753 g/mol. The number of carbonyl (C=O) groups excluding carboxylic acids is 2. The molecule has 4 aliphatic rings. The van der Waals surface area contributed by atoms with Crippen LogP contribution in [0.2, 0.25) is 0 Å². The fraction of sp³-hybridized carbons (Fsp3) is 0.810. The molecule has 54 heavy (non-hydrogen) atoms. The summed E-state index contributed by atoms with van der Waals surface area (Å²) in [4.78, 5) is 29.8. The highest BCUT2D eigenvalue weighted by Gasteiger charge is 2.57. The Labute approximate surface area is 325 Å². The molecule has 4 heterocycles. The lowest BCUT2D eigenvalue weighted by atomic mass is 9.69. The van der Waals surface area contributed by atoms with Crippen LogP contribution in [-0.2, 0) is 32.2 Å². The quantitative estimate of drug-likeness (QED) is 0.142. The molecule has 2 aromatic rings. The number of H-pyrrole nitrogens is 2. The van der Waals surface area contributed by atoms with E-state index >= 15 is 0 Å². The van der Waals surface area contributed by atoms with Crippen LogP contribution in [0.15, 0.2) is 12.4 Å². The number of esters is 2. The van der Waals surface area contributed by atoms with E-state index in [1.807, 2.05) is 26.5 Å². The van der Waals surface area contributed by atoms with Crippen LogP contribution in [0.25, 0.3) is 0 Å². The van der Waals surface area contributed by atoms with Gasteiger partial charge in [-0.2, -0.15) is 10.2 Å². The summed E-state index contributed by atoms with van der Waals surface area (Å²) in [5, 5.41) is 21.6. The number of aromatic nitrogens is 4. The highest BCUT2D eigenvalue weighted by Crippen LogP contribution is 2.54. The van der Waals surface area contributed by atoms with Crippen molar-refractivity contribution in [3.05, 3.63) is 34.9 Å². The fourth-order valence-electron chi connectivity index (χ4n) is 10.0. The van der Waals surface area contributed by atoms with Gasteiger partial charge >= 0.3 is 11.9 Å². The molecule has 2 aromatic heterocycles. The Morgan fingerprint density at radius 2 is 1.02 bits per heavy atom. The number of hydrogen-bond donors (Lipinski definition) is 4. The van der Waals surface area contributed by atoms with Gasteiger partial charge in [0.15, 0.2) is 0 Å². The minimum absolute atomic E-state index is 0.0411. The summed E-state index contributed by atoms with van der Waals surface area (Å²) in [6, 6.07) is 0. The minimum atomic E-state index is -0.248. The lowest BCUT2D eigenvalue weighted by Crippen LogP contribution is -2.34. The standard InChI is InChI=1S/2C21H36N4O2/c2*1-5-20(6-2)15-21(27-19(20)26)9-7-16(8-10-21)18-17(13-23-24-18)14-25(4)12-11-22-3/h2*13,16,22H,5-12,14-15H2,1-4H3,(H,23,24). The molecule has 0 unspecified atom stereocenters. The molecular formula is C42H72N8O4. The molecule has 2 aliphatic heterocycles. The van der Waals surface area contributed by atoms with Gasteiger partial charge < -0.3 is 29.9 Å². The van der Waals surface area contributed by atoms with Crippen LogP contribution < -0.4 is 10.6 Å². The van der Waals surface area contributed by atoms with Gasteiger partial charge in [-0.15, -0.1) is 0 Å². The van der Waals surface area contributed by atoms with Crippen LogP contribution in [-0.4, -0.2) is 108 Å². The molecular weight excluding hydrogens is 681 g/mol. The SMILES string of the molecule is CCC1(CC)CC2(CCC(c3[nH]ncc3CN(C)CCNC)CC2)OC1=O.CCC1(CC)CC2(CCC(c3[nH]ncc3CN(C)CCNC)CC2)OC1=O. The van der Waals surface area contributed by atoms with Crippen molar-refractivity contribution in [2.45, 2.75) is 154 Å². The summed E-state index contributed by atoms with van der Waals surface area (Å²) in [7, 11) is 8.27. The highest BCUT2D eigenvalue weighted by molar-refractivity contribution is 5.80. The molecule has 0 radical (unpaired) electrons. The maximum atomic E-state index is 12.6. The molecule has 0 atom stereocenters. The van der Waals surface area contributed by atoms with Crippen molar-refractivity contribution in [1.29, 1.82) is 0 Å². The molecule has 12 nitrogen and oxygen atoms in total. The molecule has 4 fully saturated rings. The summed E-state index contributed by atoms with van der Waals surface area (Å²) in [6.07, 6.45) is 17.4. The fourth-order valence-corrected chi connectivity index (χ4v) is 10.0. The van der Waals surface area contributed by atoms with E-state index in [1.165, 1.54) is 22.5 Å². The Morgan fingerprint density at radius 1 is 0.667 bits per heavy atom. The first-order valence-electron chi connectivity index (χ1n) is 21.1. The second-order valence-electron chi connectivity index (χ2n) is 17.3. The topological polar surface area (TPSA) is 140 Å². The molecule has 0 amide bonds. The van der Waals surface area contributed by atoms with Gasteiger partial charge in [-0.1, -0.05) is 27.7 Å². The van der Waals surface area contributed by atoms with Crippen LogP contribution in [0.5, 0.6) is 0 Å². The normalized spacial score (nSPS) is 27.4. The smallest absolute Gasteiger partial charge is 0.312 e. The van der Waals surface area contributed by atoms with Gasteiger partial charge in [0.25, 0.3) is 0 Å². The first-order chi connectivity index (χ1) is 25.9. The lowest BCUT2D eigenvalue weighted by Gasteiger charge is -2.36. The molecule has 2 spiro atoms. The number of hydrogen-bond acceptors (Lipinski definition) is 10. The Bertz CT molecular complexity index is 1370. The van der Waals surface area contributed by atoms with Gasteiger partial charge in [0.2, 0.25) is 0 Å². The van der Waals surface area contributed by atoms with E-state index in [1.54, 1.807) is 0 Å². The molecule has 0 bridgehead atoms. The number of rotatable bonds is 16. The van der Waals surface area contributed by atoms with Gasteiger partial charge in [-0.25, -0.2) is 0 Å². The van der Waals surface area contributed by atoms with Crippen molar-refractivity contribution in [3.8, 4) is 0 Å². The minimum Gasteiger partial charge on any atom is -0.459 e. The van der Waals surface area contributed by atoms with Crippen molar-refractivity contribution in [3.63, 3.8) is 0 Å². The summed E-state index contributed by atoms with van der Waals surface area (Å²) in [6.45, 7) is 14.3. The molecule has 2 saturated heterocycles. The van der Waals surface area contributed by atoms with Crippen molar-refractivity contribution < 1.29 is 19.1 Å². The molecule has 4 N–H and O–H groups in total. The van der Waals surface area contributed by atoms with Crippen LogP contribution in [0.3, 0.4) is 0 Å². The van der Waals surface area contributed by atoms with Crippen molar-refractivity contribution in [2.75, 3.05) is 54.4 Å². The van der Waals surface area contributed by atoms with E-state index in [0.29, 0.717) is 11.8 Å². The third kappa shape index (κ3) is 9.24. The number of ether oxygens (including phenoxy) is 2. The first-order valence-corrected chi connectivity index (χ1v) is 21.1. The molecule has 0 aromatic carbocycles. The number of nitrogens with zero attached hydrogens (tertiary/aromatic N) is 4. The zero-order valence-electron chi connectivity index (χ0n) is 34.9. The highest BCUT2D eigenvalue weighted by atomic mass is 16.6. The van der Waals surface area contributed by atoms with Crippen molar-refractivity contribution >= 4 is 11.9 Å². The van der Waals surface area contributed by atoms with Crippen molar-refractivity contribution in [1.82, 2.24) is 40.8 Å². The van der Waals surface area contributed by atoms with Gasteiger partial charge in [0, 0.05) is 86.5 Å². The maximum Gasteiger partial charge on any atom is 0.312 e. The molecule has 2 saturated carbocycles. The Hall–Kier alpha value is -2.80. The maximum absolute atomic E-state index is 12.6. The second kappa shape index (κ2) is 18.4. The Kier molecular flexibility index (Phi) is 14.5. The van der Waals surface area contributed by atoms with Crippen LogP contribution >= 0.6 is 0 Å². The van der Waals surface area contributed by atoms with E-state index in [2.05, 4.69) is 82.6 Å². The molecule has 304 valence electrons. The first kappa shape index (κ1) is 42.3. The number of nitrogens with one attached hydrogen (secondary N) is 4. The molecule has 12 heteroatoms. The Morgan fingerprint density at radius 3 is 1.31 bits per heavy atom. The van der Waals surface area contributed by atoms with Gasteiger partial charge in [-0.05, 0) is 105 Å². The summed E-state index contributed by atoms with van der Waals surface area (Å²) in [5.74, 6) is 1.06. The average molecular weight is 753 g/mol. The van der Waals surface area contributed by atoms with E-state index in [0.717, 1.165) is 129 Å². The predicted octanol–water partition coefficient (Wildman–Crippen LogP) is 6.42. The number of aromatic amines is 2. The third-order valence-corrected chi connectivity index (χ3v) is 14.0. The summed E-state index contributed by atoms with van der Waals surface area (Å²) in [5.41, 5.74) is 4.23. The zero-order chi connectivity index (χ0) is 39.0.